The van der Waals surface area contributed by atoms with Crippen molar-refractivity contribution in [3.8, 4) is 0 Å². The average molecular weight is 550 g/mol. The SMILES string of the molecule is CC1=CC(C)=C(CNC(=O)c2cc(C3CCN(C(=O)C4CCN(C)CC4)CC3)nc3c2cnn3C(C)C)C(O)N1. The zero-order valence-electron chi connectivity index (χ0n) is 24.4. The number of aromatic nitrogens is 3. The lowest BCUT2D eigenvalue weighted by molar-refractivity contribution is -0.138. The van der Waals surface area contributed by atoms with Crippen LogP contribution in [0.4, 0.5) is 0 Å². The summed E-state index contributed by atoms with van der Waals surface area (Å²) in [6.07, 6.45) is 6.37. The van der Waals surface area contributed by atoms with Crippen LogP contribution in [0.1, 0.15) is 81.4 Å². The van der Waals surface area contributed by atoms with Gasteiger partial charge in [0.25, 0.3) is 5.91 Å². The molecule has 0 aliphatic carbocycles. The van der Waals surface area contributed by atoms with Gasteiger partial charge in [-0.2, -0.15) is 5.10 Å². The van der Waals surface area contributed by atoms with Gasteiger partial charge in [-0.1, -0.05) is 0 Å². The number of piperidine rings is 2. The molecule has 5 rings (SSSR count). The van der Waals surface area contributed by atoms with Crippen molar-refractivity contribution in [2.24, 2.45) is 5.92 Å². The Morgan fingerprint density at radius 2 is 1.82 bits per heavy atom. The molecule has 2 saturated heterocycles. The lowest BCUT2D eigenvalue weighted by Crippen LogP contribution is -2.44. The molecule has 0 saturated carbocycles. The van der Waals surface area contributed by atoms with E-state index in [2.05, 4.69) is 41.5 Å². The Morgan fingerprint density at radius 1 is 1.12 bits per heavy atom. The van der Waals surface area contributed by atoms with E-state index >= 15 is 0 Å². The third kappa shape index (κ3) is 5.78. The minimum atomic E-state index is -0.829. The molecule has 2 amide bonds. The quantitative estimate of drug-likeness (QED) is 0.508. The number of hydrogen-bond donors (Lipinski definition) is 3. The molecule has 0 aromatic carbocycles. The standard InChI is InChI=1S/C30H43N7O3/c1-18(2)37-27-25(17-32-37)23(28(38)31-16-24-19(3)14-20(4)33-29(24)39)15-26(34-27)21-8-12-36(13-9-21)30(40)22-6-10-35(5)11-7-22/h14-15,17-18,21-22,29,33,39H,6-13,16H2,1-5H3,(H,31,38). The van der Waals surface area contributed by atoms with Crippen molar-refractivity contribution in [1.29, 1.82) is 0 Å². The highest BCUT2D eigenvalue weighted by Crippen LogP contribution is 2.32. The topological polar surface area (TPSA) is 116 Å². The Bertz CT molecular complexity index is 1330. The minimum Gasteiger partial charge on any atom is -0.370 e. The largest absolute Gasteiger partial charge is 0.370 e. The number of hydrogen-bond acceptors (Lipinski definition) is 7. The second-order valence-electron chi connectivity index (χ2n) is 12.0. The van der Waals surface area contributed by atoms with E-state index in [1.54, 1.807) is 6.20 Å². The van der Waals surface area contributed by atoms with Crippen LogP contribution >= 0.6 is 0 Å². The molecule has 0 radical (unpaired) electrons. The van der Waals surface area contributed by atoms with Gasteiger partial charge in [-0.15, -0.1) is 0 Å². The van der Waals surface area contributed by atoms with Crippen molar-refractivity contribution in [3.63, 3.8) is 0 Å². The first-order chi connectivity index (χ1) is 19.1. The summed E-state index contributed by atoms with van der Waals surface area (Å²) < 4.78 is 1.86. The molecule has 3 N–H and O–H groups in total. The first kappa shape index (κ1) is 28.3. The van der Waals surface area contributed by atoms with Gasteiger partial charge in [0.2, 0.25) is 5.91 Å². The van der Waals surface area contributed by atoms with Gasteiger partial charge in [-0.25, -0.2) is 9.67 Å². The normalized spacial score (nSPS) is 21.6. The van der Waals surface area contributed by atoms with Crippen LogP contribution in [0.5, 0.6) is 0 Å². The van der Waals surface area contributed by atoms with Gasteiger partial charge in [0, 0.05) is 54.5 Å². The molecule has 10 nitrogen and oxygen atoms in total. The number of likely N-dealkylation sites (tertiary alicyclic amines) is 2. The molecule has 3 aliphatic rings. The molecule has 10 heteroatoms. The van der Waals surface area contributed by atoms with Crippen LogP contribution in [-0.2, 0) is 4.79 Å². The van der Waals surface area contributed by atoms with Crippen molar-refractivity contribution in [3.05, 3.63) is 46.4 Å². The lowest BCUT2D eigenvalue weighted by atomic mass is 9.89. The third-order valence-corrected chi connectivity index (χ3v) is 8.69. The van der Waals surface area contributed by atoms with Crippen LogP contribution in [0.2, 0.25) is 0 Å². The van der Waals surface area contributed by atoms with E-state index in [1.807, 2.05) is 35.6 Å². The fourth-order valence-corrected chi connectivity index (χ4v) is 6.21. The van der Waals surface area contributed by atoms with Crippen LogP contribution in [-0.4, -0.2) is 87.5 Å². The van der Waals surface area contributed by atoms with Gasteiger partial charge >= 0.3 is 0 Å². The molecule has 3 aliphatic heterocycles. The summed E-state index contributed by atoms with van der Waals surface area (Å²) in [5, 5.41) is 21.8. The molecule has 2 aromatic rings. The molecular weight excluding hydrogens is 506 g/mol. The summed E-state index contributed by atoms with van der Waals surface area (Å²) in [5.41, 5.74) is 4.69. The molecule has 216 valence electrons. The first-order valence-electron chi connectivity index (χ1n) is 14.6. The summed E-state index contributed by atoms with van der Waals surface area (Å²) in [4.78, 5) is 36.1. The average Bonchev–Trinajstić information content (AvgIpc) is 3.36. The third-order valence-electron chi connectivity index (χ3n) is 8.69. The Balaban J connectivity index is 1.34. The zero-order chi connectivity index (χ0) is 28.6. The van der Waals surface area contributed by atoms with E-state index in [9.17, 15) is 14.7 Å². The zero-order valence-corrected chi connectivity index (χ0v) is 24.4. The first-order valence-corrected chi connectivity index (χ1v) is 14.6. The molecule has 5 heterocycles. The van der Waals surface area contributed by atoms with Gasteiger partial charge in [-0.3, -0.25) is 9.59 Å². The summed E-state index contributed by atoms with van der Waals surface area (Å²) in [7, 11) is 2.11. The molecule has 0 spiro atoms. The Kier molecular flexibility index (Phi) is 8.28. The van der Waals surface area contributed by atoms with E-state index in [0.717, 1.165) is 61.3 Å². The van der Waals surface area contributed by atoms with Crippen molar-refractivity contribution in [2.45, 2.75) is 71.6 Å². The van der Waals surface area contributed by atoms with Gasteiger partial charge in [0.1, 0.15) is 6.23 Å². The number of dihydropyridines is 1. The Labute approximate surface area is 236 Å². The second-order valence-corrected chi connectivity index (χ2v) is 12.0. The maximum Gasteiger partial charge on any atom is 0.252 e. The van der Waals surface area contributed by atoms with Crippen molar-refractivity contribution in [2.75, 3.05) is 39.8 Å². The number of amides is 2. The van der Waals surface area contributed by atoms with Crippen LogP contribution < -0.4 is 10.6 Å². The lowest BCUT2D eigenvalue weighted by Gasteiger charge is -2.36. The summed E-state index contributed by atoms with van der Waals surface area (Å²) in [6.45, 7) is 11.6. The van der Waals surface area contributed by atoms with Gasteiger partial charge < -0.3 is 25.5 Å². The Hall–Kier alpha value is -3.24. The number of fused-ring (bicyclic) bond motifs is 1. The van der Waals surface area contributed by atoms with Crippen LogP contribution in [0, 0.1) is 5.92 Å². The van der Waals surface area contributed by atoms with Crippen molar-refractivity contribution >= 4 is 22.8 Å². The van der Waals surface area contributed by atoms with Crippen molar-refractivity contribution in [1.82, 2.24) is 35.2 Å². The van der Waals surface area contributed by atoms with Gasteiger partial charge in [-0.05, 0) is 91.2 Å². The summed E-state index contributed by atoms with van der Waals surface area (Å²) in [6, 6.07) is 2.00. The van der Waals surface area contributed by atoms with E-state index < -0.39 is 6.23 Å². The fraction of sp³-hybridized carbons (Fsp3) is 0.600. The van der Waals surface area contributed by atoms with Crippen LogP contribution in [0.3, 0.4) is 0 Å². The number of aliphatic hydroxyl groups is 1. The monoisotopic (exact) mass is 549 g/mol. The van der Waals surface area contributed by atoms with E-state index in [4.69, 9.17) is 4.98 Å². The van der Waals surface area contributed by atoms with E-state index in [0.29, 0.717) is 35.6 Å². The van der Waals surface area contributed by atoms with E-state index in [-0.39, 0.29) is 30.3 Å². The number of carbonyl (C=O) groups is 2. The molecule has 2 fully saturated rings. The van der Waals surface area contributed by atoms with Crippen molar-refractivity contribution < 1.29 is 14.7 Å². The van der Waals surface area contributed by atoms with Crippen LogP contribution in [0.15, 0.2) is 35.2 Å². The second kappa shape index (κ2) is 11.7. The Morgan fingerprint density at radius 3 is 2.48 bits per heavy atom. The highest BCUT2D eigenvalue weighted by atomic mass is 16.3. The molecule has 1 atom stereocenters. The number of allylic oxidation sites excluding steroid dienone is 3. The summed E-state index contributed by atoms with van der Waals surface area (Å²) >= 11 is 0. The summed E-state index contributed by atoms with van der Waals surface area (Å²) in [5.74, 6) is 0.372. The highest BCUT2D eigenvalue weighted by Gasteiger charge is 2.32. The number of pyridine rings is 1. The maximum atomic E-state index is 13.6. The van der Waals surface area contributed by atoms with E-state index in [1.165, 1.54) is 0 Å². The maximum absolute atomic E-state index is 13.6. The van der Waals surface area contributed by atoms with Gasteiger partial charge in [0.05, 0.1) is 17.1 Å². The molecular formula is C30H43N7O3. The molecule has 40 heavy (non-hydrogen) atoms. The number of nitrogens with one attached hydrogen (secondary N) is 2. The highest BCUT2D eigenvalue weighted by molar-refractivity contribution is 6.05. The van der Waals surface area contributed by atoms with Crippen LogP contribution in [0.25, 0.3) is 11.0 Å². The fourth-order valence-electron chi connectivity index (χ4n) is 6.21. The minimum absolute atomic E-state index is 0.0939. The van der Waals surface area contributed by atoms with Gasteiger partial charge in [0.15, 0.2) is 5.65 Å². The smallest absolute Gasteiger partial charge is 0.252 e. The number of carbonyl (C=O) groups excluding carboxylic acids is 2. The molecule has 1 unspecified atom stereocenters. The number of nitrogens with zero attached hydrogens (tertiary/aromatic N) is 5. The number of aliphatic hydroxyl groups excluding tert-OH is 1. The number of rotatable bonds is 6. The molecule has 2 aromatic heterocycles. The molecule has 0 bridgehead atoms. The predicted octanol–water partition coefficient (Wildman–Crippen LogP) is 2.93. The predicted molar refractivity (Wildman–Crippen MR) is 155 cm³/mol.